The molecule has 1 amide bonds. The van der Waals surface area contributed by atoms with Crippen molar-refractivity contribution in [2.45, 2.75) is 17.9 Å². The van der Waals surface area contributed by atoms with E-state index in [0.717, 1.165) is 11.8 Å². The van der Waals surface area contributed by atoms with Gasteiger partial charge in [-0.1, -0.05) is 12.1 Å². The van der Waals surface area contributed by atoms with Gasteiger partial charge in [-0.3, -0.25) is 9.59 Å². The quantitative estimate of drug-likeness (QED) is 0.841. The van der Waals surface area contributed by atoms with Gasteiger partial charge in [-0.2, -0.15) is 0 Å². The predicted octanol–water partition coefficient (Wildman–Crippen LogP) is 1.62. The Kier molecular flexibility index (Phi) is 4.94. The van der Waals surface area contributed by atoms with Crippen molar-refractivity contribution in [3.8, 4) is 0 Å². The summed E-state index contributed by atoms with van der Waals surface area (Å²) in [5.74, 6) is -0.271. The molecule has 128 valence electrons. The topological polar surface area (TPSA) is 76.5 Å². The molecule has 6 nitrogen and oxygen atoms in total. The number of hydrogen-bond acceptors (Lipinski definition) is 4. The van der Waals surface area contributed by atoms with Crippen molar-refractivity contribution in [3.05, 3.63) is 64.1 Å². The van der Waals surface area contributed by atoms with E-state index >= 15 is 0 Å². The van der Waals surface area contributed by atoms with Gasteiger partial charge in [-0.05, 0) is 30.7 Å². The van der Waals surface area contributed by atoms with E-state index in [-0.39, 0.29) is 22.4 Å². The molecule has 0 saturated heterocycles. The monoisotopic (exact) mass is 348 g/mol. The van der Waals surface area contributed by atoms with Crippen molar-refractivity contribution in [1.29, 1.82) is 0 Å². The maximum absolute atomic E-state index is 12.5. The van der Waals surface area contributed by atoms with Crippen molar-refractivity contribution in [2.75, 3.05) is 13.3 Å². The molecule has 7 heteroatoms. The van der Waals surface area contributed by atoms with Crippen LogP contribution in [0.3, 0.4) is 0 Å². The van der Waals surface area contributed by atoms with E-state index in [9.17, 15) is 18.0 Å². The average Bonchev–Trinajstić information content (AvgIpc) is 2.54. The Hall–Kier alpha value is -2.41. The van der Waals surface area contributed by atoms with Crippen LogP contribution in [0, 0.1) is 0 Å². The number of pyridine rings is 1. The van der Waals surface area contributed by atoms with Crippen LogP contribution in [0.5, 0.6) is 0 Å². The zero-order chi connectivity index (χ0) is 18.1. The van der Waals surface area contributed by atoms with E-state index in [1.54, 1.807) is 38.5 Å². The normalized spacial score (nSPS) is 12.7. The molecule has 0 aliphatic rings. The fourth-order valence-electron chi connectivity index (χ4n) is 2.28. The van der Waals surface area contributed by atoms with E-state index < -0.39 is 9.84 Å². The molecule has 2 rings (SSSR count). The van der Waals surface area contributed by atoms with Gasteiger partial charge in [-0.25, -0.2) is 8.42 Å². The molecule has 1 aromatic heterocycles. The van der Waals surface area contributed by atoms with Crippen LogP contribution >= 0.6 is 0 Å². The maximum atomic E-state index is 12.5. The summed E-state index contributed by atoms with van der Waals surface area (Å²) in [7, 11) is 0.0138. The molecule has 0 aliphatic carbocycles. The lowest BCUT2D eigenvalue weighted by molar-refractivity contribution is 0.0742. The summed E-state index contributed by atoms with van der Waals surface area (Å²) in [4.78, 5) is 26.0. The summed E-state index contributed by atoms with van der Waals surface area (Å²) in [6.45, 7) is 1.84. The van der Waals surface area contributed by atoms with Gasteiger partial charge < -0.3 is 9.47 Å². The van der Waals surface area contributed by atoms with Crippen molar-refractivity contribution in [3.63, 3.8) is 0 Å². The van der Waals surface area contributed by atoms with Crippen LogP contribution in [-0.2, 0) is 16.9 Å². The van der Waals surface area contributed by atoms with E-state index in [4.69, 9.17) is 0 Å². The average molecular weight is 348 g/mol. The molecule has 1 heterocycles. The minimum Gasteiger partial charge on any atom is -0.335 e. The van der Waals surface area contributed by atoms with Gasteiger partial charge in [0, 0.05) is 38.2 Å². The van der Waals surface area contributed by atoms with Gasteiger partial charge >= 0.3 is 0 Å². The number of nitrogens with zero attached hydrogens (tertiary/aromatic N) is 2. The molecule has 0 fully saturated rings. The molecule has 1 atom stereocenters. The number of sulfone groups is 1. The minimum absolute atomic E-state index is 0.235. The number of carbonyl (C=O) groups excluding carboxylic acids is 1. The number of amides is 1. The number of rotatable bonds is 4. The Labute approximate surface area is 141 Å². The Morgan fingerprint density at radius 1 is 1.17 bits per heavy atom. The standard InChI is InChI=1S/C17H20N2O4S/c1-12(13-5-7-15(8-6-13)24(4,22)23)19(3)17(21)14-9-10-18(2)16(20)11-14/h5-12H,1-4H3. The third kappa shape index (κ3) is 3.73. The number of benzene rings is 1. The molecule has 0 radical (unpaired) electrons. The van der Waals surface area contributed by atoms with E-state index in [1.165, 1.54) is 27.7 Å². The van der Waals surface area contributed by atoms with Crippen molar-refractivity contribution < 1.29 is 13.2 Å². The molecule has 0 N–H and O–H groups in total. The highest BCUT2D eigenvalue weighted by molar-refractivity contribution is 7.90. The van der Waals surface area contributed by atoms with Crippen molar-refractivity contribution in [2.24, 2.45) is 7.05 Å². The van der Waals surface area contributed by atoms with Gasteiger partial charge in [0.05, 0.1) is 10.9 Å². The number of hydrogen-bond donors (Lipinski definition) is 0. The van der Waals surface area contributed by atoms with E-state index in [0.29, 0.717) is 5.56 Å². The highest BCUT2D eigenvalue weighted by Gasteiger charge is 2.20. The van der Waals surface area contributed by atoms with E-state index in [2.05, 4.69) is 0 Å². The first kappa shape index (κ1) is 17.9. The van der Waals surface area contributed by atoms with E-state index in [1.807, 2.05) is 6.92 Å². The number of aryl methyl sites for hydroxylation is 1. The highest BCUT2D eigenvalue weighted by Crippen LogP contribution is 2.22. The van der Waals surface area contributed by atoms with Crippen LogP contribution < -0.4 is 5.56 Å². The van der Waals surface area contributed by atoms with Crippen LogP contribution in [-0.4, -0.2) is 37.1 Å². The van der Waals surface area contributed by atoms with Crippen LogP contribution in [0.25, 0.3) is 0 Å². The third-order valence-electron chi connectivity index (χ3n) is 4.04. The maximum Gasteiger partial charge on any atom is 0.254 e. The third-order valence-corrected chi connectivity index (χ3v) is 5.17. The zero-order valence-corrected chi connectivity index (χ0v) is 14.9. The molecule has 0 aliphatic heterocycles. The van der Waals surface area contributed by atoms with Gasteiger partial charge in [0.1, 0.15) is 0 Å². The Morgan fingerprint density at radius 3 is 2.25 bits per heavy atom. The van der Waals surface area contributed by atoms with Crippen molar-refractivity contribution in [1.82, 2.24) is 9.47 Å². The molecule has 0 spiro atoms. The lowest BCUT2D eigenvalue weighted by Gasteiger charge is -2.25. The highest BCUT2D eigenvalue weighted by atomic mass is 32.2. The smallest absolute Gasteiger partial charge is 0.254 e. The summed E-state index contributed by atoms with van der Waals surface area (Å²) < 4.78 is 24.4. The fraction of sp³-hybridized carbons (Fsp3) is 0.294. The fourth-order valence-corrected chi connectivity index (χ4v) is 2.91. The predicted molar refractivity (Wildman–Crippen MR) is 91.7 cm³/mol. The molecule has 0 saturated carbocycles. The molecule has 1 aromatic carbocycles. The largest absolute Gasteiger partial charge is 0.335 e. The van der Waals surface area contributed by atoms with Gasteiger partial charge in [0.15, 0.2) is 9.84 Å². The first-order valence-electron chi connectivity index (χ1n) is 7.35. The summed E-state index contributed by atoms with van der Waals surface area (Å²) in [6, 6.07) is 9.06. The zero-order valence-electron chi connectivity index (χ0n) is 14.1. The minimum atomic E-state index is -3.25. The summed E-state index contributed by atoms with van der Waals surface area (Å²) in [6.07, 6.45) is 2.70. The first-order chi connectivity index (χ1) is 11.1. The molecule has 1 unspecified atom stereocenters. The summed E-state index contributed by atoms with van der Waals surface area (Å²) in [5, 5.41) is 0. The summed E-state index contributed by atoms with van der Waals surface area (Å²) >= 11 is 0. The molecular formula is C17H20N2O4S. The van der Waals surface area contributed by atoms with Crippen LogP contribution in [0.1, 0.15) is 28.9 Å². The SMILES string of the molecule is CC(c1ccc(S(C)(=O)=O)cc1)N(C)C(=O)c1ccn(C)c(=O)c1. The first-order valence-corrected chi connectivity index (χ1v) is 9.24. The Bertz CT molecular complexity index is 914. The van der Waals surface area contributed by atoms with Crippen LogP contribution in [0.4, 0.5) is 0 Å². The van der Waals surface area contributed by atoms with Gasteiger partial charge in [0.2, 0.25) is 0 Å². The molecular weight excluding hydrogens is 328 g/mol. The number of aromatic nitrogens is 1. The van der Waals surface area contributed by atoms with Gasteiger partial charge in [0.25, 0.3) is 11.5 Å². The second kappa shape index (κ2) is 6.60. The van der Waals surface area contributed by atoms with Crippen molar-refractivity contribution >= 4 is 15.7 Å². The molecule has 0 bridgehead atoms. The second-order valence-electron chi connectivity index (χ2n) is 5.80. The molecule has 2 aromatic rings. The Morgan fingerprint density at radius 2 is 1.75 bits per heavy atom. The second-order valence-corrected chi connectivity index (χ2v) is 7.81. The van der Waals surface area contributed by atoms with Crippen LogP contribution in [0.15, 0.2) is 52.3 Å². The van der Waals surface area contributed by atoms with Crippen LogP contribution in [0.2, 0.25) is 0 Å². The lowest BCUT2D eigenvalue weighted by atomic mass is 10.1. The molecule has 24 heavy (non-hydrogen) atoms. The number of carbonyl (C=O) groups is 1. The van der Waals surface area contributed by atoms with Gasteiger partial charge in [-0.15, -0.1) is 0 Å². The Balaban J connectivity index is 2.25. The summed E-state index contributed by atoms with van der Waals surface area (Å²) in [5.41, 5.74) is 0.877. The lowest BCUT2D eigenvalue weighted by Crippen LogP contribution is -2.31.